The summed E-state index contributed by atoms with van der Waals surface area (Å²) in [5, 5.41) is 4.27. The summed E-state index contributed by atoms with van der Waals surface area (Å²) in [7, 11) is 1.25. The van der Waals surface area contributed by atoms with E-state index in [0.717, 1.165) is 11.6 Å². The molecule has 120 valence electrons. The highest BCUT2D eigenvalue weighted by Crippen LogP contribution is 2.22. The fourth-order valence-corrected chi connectivity index (χ4v) is 2.30. The number of ether oxygens (including phenoxy) is 1. The van der Waals surface area contributed by atoms with E-state index < -0.39 is 5.97 Å². The van der Waals surface area contributed by atoms with Crippen LogP contribution in [-0.2, 0) is 14.3 Å². The third-order valence-electron chi connectivity index (χ3n) is 3.44. The van der Waals surface area contributed by atoms with Crippen molar-refractivity contribution in [2.75, 3.05) is 12.0 Å². The maximum Gasteiger partial charge on any atom is 0.332 e. The topological polar surface area (TPSA) is 71.0 Å². The van der Waals surface area contributed by atoms with Gasteiger partial charge in [0.1, 0.15) is 5.70 Å². The average Bonchev–Trinajstić information content (AvgIpc) is 2.64. The number of carbonyl (C=O) groups is 2. The van der Waals surface area contributed by atoms with Crippen LogP contribution < -0.4 is 10.3 Å². The molecule has 6 nitrogen and oxygen atoms in total. The molecule has 1 aliphatic heterocycles. The number of rotatable bonds is 3. The molecule has 6 heteroatoms. The summed E-state index contributed by atoms with van der Waals surface area (Å²) in [5.41, 5.74) is 4.12. The first-order valence-corrected chi connectivity index (χ1v) is 7.29. The number of hydrogen-bond acceptors (Lipinski definition) is 5. The number of benzene rings is 2. The molecule has 0 saturated heterocycles. The van der Waals surface area contributed by atoms with Gasteiger partial charge in [0.05, 0.1) is 18.9 Å². The van der Waals surface area contributed by atoms with Gasteiger partial charge in [-0.1, -0.05) is 48.5 Å². The number of hydrazone groups is 1. The lowest BCUT2D eigenvalue weighted by atomic mass is 10.1. The lowest BCUT2D eigenvalue weighted by Gasteiger charge is -2.29. The SMILES string of the molecule is COC(=O)/C=C1\NN=C(c2ccccc2)N(c2ccccc2)C1=O. The Morgan fingerprint density at radius 3 is 2.33 bits per heavy atom. The molecular formula is C18H15N3O3. The molecule has 0 atom stereocenters. The van der Waals surface area contributed by atoms with Gasteiger partial charge in [0.25, 0.3) is 5.91 Å². The molecule has 0 saturated carbocycles. The van der Waals surface area contributed by atoms with E-state index >= 15 is 0 Å². The Kier molecular flexibility index (Phi) is 4.38. The highest BCUT2D eigenvalue weighted by atomic mass is 16.5. The molecule has 3 rings (SSSR count). The van der Waals surface area contributed by atoms with Crippen LogP contribution in [0.3, 0.4) is 0 Å². The second kappa shape index (κ2) is 6.78. The number of anilines is 1. The maximum absolute atomic E-state index is 12.9. The second-order valence-corrected chi connectivity index (χ2v) is 4.97. The van der Waals surface area contributed by atoms with Crippen LogP contribution >= 0.6 is 0 Å². The summed E-state index contributed by atoms with van der Waals surface area (Å²) in [6.45, 7) is 0. The van der Waals surface area contributed by atoms with Gasteiger partial charge in [-0.2, -0.15) is 5.10 Å². The summed E-state index contributed by atoms with van der Waals surface area (Å²) in [6.07, 6.45) is 1.09. The van der Waals surface area contributed by atoms with E-state index in [0.29, 0.717) is 11.5 Å². The van der Waals surface area contributed by atoms with Gasteiger partial charge in [0, 0.05) is 5.56 Å². The number of nitrogens with zero attached hydrogens (tertiary/aromatic N) is 2. The van der Waals surface area contributed by atoms with Crippen LogP contribution in [0.1, 0.15) is 5.56 Å². The van der Waals surface area contributed by atoms with Gasteiger partial charge < -0.3 is 4.74 Å². The third kappa shape index (κ3) is 3.03. The first kappa shape index (κ1) is 15.5. The van der Waals surface area contributed by atoms with E-state index in [1.807, 2.05) is 48.5 Å². The van der Waals surface area contributed by atoms with Crippen molar-refractivity contribution < 1.29 is 14.3 Å². The molecular weight excluding hydrogens is 306 g/mol. The monoisotopic (exact) mass is 321 g/mol. The van der Waals surface area contributed by atoms with Crippen LogP contribution in [0.4, 0.5) is 5.69 Å². The lowest BCUT2D eigenvalue weighted by Crippen LogP contribution is -2.46. The number of amides is 1. The van der Waals surface area contributed by atoms with Crippen molar-refractivity contribution in [1.29, 1.82) is 0 Å². The minimum atomic E-state index is -0.628. The normalized spacial score (nSPS) is 15.7. The van der Waals surface area contributed by atoms with Gasteiger partial charge in [-0.3, -0.25) is 15.1 Å². The zero-order chi connectivity index (χ0) is 16.9. The van der Waals surface area contributed by atoms with Crippen molar-refractivity contribution in [3.63, 3.8) is 0 Å². The highest BCUT2D eigenvalue weighted by molar-refractivity contribution is 6.29. The van der Waals surface area contributed by atoms with E-state index in [1.165, 1.54) is 12.0 Å². The molecule has 2 aromatic rings. The summed E-state index contributed by atoms with van der Waals surface area (Å²) in [5.74, 6) is -0.563. The fraction of sp³-hybridized carbons (Fsp3) is 0.0556. The molecule has 0 bridgehead atoms. The predicted octanol–water partition coefficient (Wildman–Crippen LogP) is 2.04. The molecule has 2 aromatic carbocycles. The van der Waals surface area contributed by atoms with E-state index in [9.17, 15) is 9.59 Å². The summed E-state index contributed by atoms with van der Waals surface area (Å²) >= 11 is 0. The van der Waals surface area contributed by atoms with Crippen molar-refractivity contribution in [2.24, 2.45) is 5.10 Å². The Morgan fingerprint density at radius 2 is 1.71 bits per heavy atom. The molecule has 0 fully saturated rings. The standard InChI is InChI=1S/C18H15N3O3/c1-24-16(22)12-15-18(23)21(14-10-6-3-7-11-14)17(20-19-15)13-8-4-2-5-9-13/h2-12,19H,1H3/b15-12-. The predicted molar refractivity (Wildman–Crippen MR) is 90.1 cm³/mol. The summed E-state index contributed by atoms with van der Waals surface area (Å²) in [6, 6.07) is 18.5. The zero-order valence-corrected chi connectivity index (χ0v) is 13.0. The summed E-state index contributed by atoms with van der Waals surface area (Å²) < 4.78 is 4.58. The van der Waals surface area contributed by atoms with Gasteiger partial charge in [-0.25, -0.2) is 4.79 Å². The van der Waals surface area contributed by atoms with Crippen molar-refractivity contribution in [1.82, 2.24) is 5.43 Å². The largest absolute Gasteiger partial charge is 0.466 e. The quantitative estimate of drug-likeness (QED) is 0.694. The molecule has 1 aliphatic rings. The van der Waals surface area contributed by atoms with Crippen molar-refractivity contribution in [3.8, 4) is 0 Å². The Balaban J connectivity index is 2.09. The first-order valence-electron chi connectivity index (χ1n) is 7.29. The number of hydrogen-bond donors (Lipinski definition) is 1. The van der Waals surface area contributed by atoms with Gasteiger partial charge >= 0.3 is 5.97 Å². The molecule has 1 heterocycles. The molecule has 0 aliphatic carbocycles. The van der Waals surface area contributed by atoms with E-state index in [1.54, 1.807) is 12.1 Å². The van der Waals surface area contributed by atoms with Crippen LogP contribution in [0.5, 0.6) is 0 Å². The number of methoxy groups -OCH3 is 1. The average molecular weight is 321 g/mol. The van der Waals surface area contributed by atoms with Crippen molar-refractivity contribution in [2.45, 2.75) is 0 Å². The van der Waals surface area contributed by atoms with Crippen molar-refractivity contribution in [3.05, 3.63) is 78.0 Å². The zero-order valence-electron chi connectivity index (χ0n) is 13.0. The van der Waals surface area contributed by atoms with Crippen LogP contribution in [0, 0.1) is 0 Å². The number of carbonyl (C=O) groups excluding carboxylic acids is 2. The van der Waals surface area contributed by atoms with Gasteiger partial charge in [0.15, 0.2) is 5.84 Å². The lowest BCUT2D eigenvalue weighted by molar-refractivity contribution is -0.135. The Bertz CT molecular complexity index is 814. The molecule has 1 N–H and O–H groups in total. The van der Waals surface area contributed by atoms with E-state index in [2.05, 4.69) is 15.3 Å². The van der Waals surface area contributed by atoms with Crippen LogP contribution in [0.15, 0.2) is 77.5 Å². The molecule has 0 spiro atoms. The second-order valence-electron chi connectivity index (χ2n) is 4.97. The molecule has 24 heavy (non-hydrogen) atoms. The molecule has 1 amide bonds. The van der Waals surface area contributed by atoms with Gasteiger partial charge in [-0.15, -0.1) is 0 Å². The van der Waals surface area contributed by atoms with Gasteiger partial charge in [-0.05, 0) is 12.1 Å². The number of amidine groups is 1. The number of nitrogens with one attached hydrogen (secondary N) is 1. The summed E-state index contributed by atoms with van der Waals surface area (Å²) in [4.78, 5) is 25.8. The fourth-order valence-electron chi connectivity index (χ4n) is 2.30. The van der Waals surface area contributed by atoms with Crippen molar-refractivity contribution >= 4 is 23.4 Å². The minimum Gasteiger partial charge on any atom is -0.466 e. The van der Waals surface area contributed by atoms with E-state index in [-0.39, 0.29) is 11.6 Å². The van der Waals surface area contributed by atoms with Crippen LogP contribution in [0.25, 0.3) is 0 Å². The Hall–Kier alpha value is -3.41. The van der Waals surface area contributed by atoms with E-state index in [4.69, 9.17) is 0 Å². The number of esters is 1. The third-order valence-corrected chi connectivity index (χ3v) is 3.44. The van der Waals surface area contributed by atoms with Gasteiger partial charge in [0.2, 0.25) is 0 Å². The smallest absolute Gasteiger partial charge is 0.332 e. The van der Waals surface area contributed by atoms with Crippen LogP contribution in [-0.4, -0.2) is 24.8 Å². The molecule has 0 radical (unpaired) electrons. The minimum absolute atomic E-state index is 0.0467. The Labute approximate surface area is 139 Å². The Morgan fingerprint density at radius 1 is 1.08 bits per heavy atom. The highest BCUT2D eigenvalue weighted by Gasteiger charge is 2.30. The molecule has 0 aromatic heterocycles. The first-order chi connectivity index (χ1) is 11.7. The maximum atomic E-state index is 12.9. The van der Waals surface area contributed by atoms with Crippen LogP contribution in [0.2, 0.25) is 0 Å². The number of para-hydroxylation sites is 1. The molecule has 0 unspecified atom stereocenters.